The lowest BCUT2D eigenvalue weighted by molar-refractivity contribution is 0.221. The van der Waals surface area contributed by atoms with Crippen molar-refractivity contribution in [3.63, 3.8) is 0 Å². The largest absolute Gasteiger partial charge is 0.314 e. The van der Waals surface area contributed by atoms with Crippen LogP contribution >= 0.6 is 11.6 Å². The van der Waals surface area contributed by atoms with E-state index in [2.05, 4.69) is 35.9 Å². The van der Waals surface area contributed by atoms with Crippen molar-refractivity contribution in [1.82, 2.24) is 15.1 Å². The highest BCUT2D eigenvalue weighted by atomic mass is 35.5. The average Bonchev–Trinajstić information content (AvgIpc) is 2.74. The number of hydrogen-bond acceptors (Lipinski definition) is 2. The van der Waals surface area contributed by atoms with Gasteiger partial charge in [0.25, 0.3) is 0 Å². The van der Waals surface area contributed by atoms with Gasteiger partial charge in [0.05, 0.1) is 16.4 Å². The first-order valence-corrected chi connectivity index (χ1v) is 8.89. The summed E-state index contributed by atoms with van der Waals surface area (Å²) >= 11 is 6.49. The molecule has 0 aliphatic heterocycles. The molecular formula is C17H30ClN3. The minimum Gasteiger partial charge on any atom is -0.314 e. The van der Waals surface area contributed by atoms with Gasteiger partial charge in [0.1, 0.15) is 0 Å². The van der Waals surface area contributed by atoms with E-state index >= 15 is 0 Å². The summed E-state index contributed by atoms with van der Waals surface area (Å²) in [4.78, 5) is 0. The van der Waals surface area contributed by atoms with Gasteiger partial charge in [-0.2, -0.15) is 5.10 Å². The molecule has 0 aromatic carbocycles. The molecule has 0 bridgehead atoms. The van der Waals surface area contributed by atoms with E-state index in [9.17, 15) is 0 Å². The van der Waals surface area contributed by atoms with Crippen molar-refractivity contribution in [3.05, 3.63) is 16.4 Å². The molecule has 1 aromatic rings. The Morgan fingerprint density at radius 2 is 2.14 bits per heavy atom. The van der Waals surface area contributed by atoms with Crippen molar-refractivity contribution in [2.75, 3.05) is 6.54 Å². The van der Waals surface area contributed by atoms with Gasteiger partial charge in [-0.1, -0.05) is 38.3 Å². The van der Waals surface area contributed by atoms with E-state index in [4.69, 9.17) is 11.6 Å². The predicted octanol–water partition coefficient (Wildman–Crippen LogP) is 4.21. The first-order chi connectivity index (χ1) is 10.1. The van der Waals surface area contributed by atoms with Crippen LogP contribution in [0.5, 0.6) is 0 Å². The molecule has 1 aliphatic rings. The van der Waals surface area contributed by atoms with Crippen molar-refractivity contribution in [2.45, 2.75) is 72.4 Å². The smallest absolute Gasteiger partial charge is 0.0847 e. The Kier molecular flexibility index (Phi) is 6.12. The van der Waals surface area contributed by atoms with Crippen molar-refractivity contribution in [3.8, 4) is 0 Å². The van der Waals surface area contributed by atoms with E-state index in [1.54, 1.807) is 0 Å². The second kappa shape index (κ2) is 7.64. The molecule has 1 N–H and O–H groups in total. The van der Waals surface area contributed by atoms with Crippen LogP contribution in [0.3, 0.4) is 0 Å². The van der Waals surface area contributed by atoms with E-state index in [1.165, 1.54) is 31.4 Å². The summed E-state index contributed by atoms with van der Waals surface area (Å²) in [6, 6.07) is 0.525. The Labute approximate surface area is 134 Å². The maximum Gasteiger partial charge on any atom is 0.0847 e. The lowest BCUT2D eigenvalue weighted by atomic mass is 9.77. The van der Waals surface area contributed by atoms with Gasteiger partial charge in [-0.3, -0.25) is 4.68 Å². The van der Waals surface area contributed by atoms with Gasteiger partial charge in [0.2, 0.25) is 0 Å². The molecule has 3 atom stereocenters. The summed E-state index contributed by atoms with van der Waals surface area (Å²) in [5.41, 5.74) is 2.17. The van der Waals surface area contributed by atoms with Gasteiger partial charge >= 0.3 is 0 Å². The van der Waals surface area contributed by atoms with E-state index in [-0.39, 0.29) is 0 Å². The Morgan fingerprint density at radius 1 is 1.38 bits per heavy atom. The fourth-order valence-corrected chi connectivity index (χ4v) is 4.00. The first-order valence-electron chi connectivity index (χ1n) is 8.51. The molecule has 0 spiro atoms. The van der Waals surface area contributed by atoms with Crippen LogP contribution < -0.4 is 5.32 Å². The van der Waals surface area contributed by atoms with Gasteiger partial charge in [-0.05, 0) is 45.1 Å². The molecule has 3 nitrogen and oxygen atoms in total. The second-order valence-electron chi connectivity index (χ2n) is 6.56. The van der Waals surface area contributed by atoms with Crippen LogP contribution in [0, 0.1) is 18.8 Å². The number of aryl methyl sites for hydroxylation is 2. The van der Waals surface area contributed by atoms with Crippen molar-refractivity contribution in [1.29, 1.82) is 0 Å². The minimum atomic E-state index is 0.525. The fourth-order valence-electron chi connectivity index (χ4n) is 3.79. The zero-order valence-corrected chi connectivity index (χ0v) is 14.7. The van der Waals surface area contributed by atoms with Crippen LogP contribution in [-0.4, -0.2) is 22.4 Å². The molecule has 1 heterocycles. The summed E-state index contributed by atoms with van der Waals surface area (Å²) in [6.45, 7) is 10.6. The van der Waals surface area contributed by atoms with Crippen LogP contribution in [0.15, 0.2) is 0 Å². The number of aromatic nitrogens is 2. The van der Waals surface area contributed by atoms with Crippen molar-refractivity contribution >= 4 is 11.6 Å². The van der Waals surface area contributed by atoms with Crippen molar-refractivity contribution in [2.24, 2.45) is 11.8 Å². The van der Waals surface area contributed by atoms with Crippen LogP contribution in [0.1, 0.15) is 57.8 Å². The molecule has 3 unspecified atom stereocenters. The summed E-state index contributed by atoms with van der Waals surface area (Å²) in [6.07, 6.45) is 6.45. The first kappa shape index (κ1) is 16.8. The molecule has 0 radical (unpaired) electrons. The third kappa shape index (κ3) is 4.01. The Bertz CT molecular complexity index is 455. The molecule has 4 heteroatoms. The minimum absolute atomic E-state index is 0.525. The standard InChI is InChI=1S/C17H30ClN3/c1-5-19-15(14-9-7-8-12(3)10-14)11-16-17(18)13(4)20-21(16)6-2/h12,14-15,19H,5-11H2,1-4H3. The zero-order chi connectivity index (χ0) is 15.4. The Morgan fingerprint density at radius 3 is 2.76 bits per heavy atom. The highest BCUT2D eigenvalue weighted by molar-refractivity contribution is 6.31. The predicted molar refractivity (Wildman–Crippen MR) is 89.9 cm³/mol. The summed E-state index contributed by atoms with van der Waals surface area (Å²) in [5.74, 6) is 1.63. The van der Waals surface area contributed by atoms with E-state index in [0.717, 1.165) is 42.1 Å². The number of hydrogen-bond donors (Lipinski definition) is 1. The SMILES string of the molecule is CCNC(Cc1c(Cl)c(C)nn1CC)C1CCCC(C)C1. The lowest BCUT2D eigenvalue weighted by Gasteiger charge is -2.34. The normalized spacial score (nSPS) is 24.2. The third-order valence-electron chi connectivity index (χ3n) is 4.88. The Hall–Kier alpha value is -0.540. The lowest BCUT2D eigenvalue weighted by Crippen LogP contribution is -2.40. The molecule has 1 saturated carbocycles. The zero-order valence-electron chi connectivity index (χ0n) is 14.0. The molecular weight excluding hydrogens is 282 g/mol. The molecule has 1 aromatic heterocycles. The molecule has 1 aliphatic carbocycles. The van der Waals surface area contributed by atoms with Gasteiger partial charge in [-0.25, -0.2) is 0 Å². The highest BCUT2D eigenvalue weighted by Gasteiger charge is 2.28. The maximum atomic E-state index is 6.49. The third-order valence-corrected chi connectivity index (χ3v) is 5.37. The van der Waals surface area contributed by atoms with Crippen molar-refractivity contribution < 1.29 is 0 Å². The van der Waals surface area contributed by atoms with E-state index in [0.29, 0.717) is 6.04 Å². The number of likely N-dealkylation sites (N-methyl/N-ethyl adjacent to an activating group) is 1. The molecule has 2 rings (SSSR count). The van der Waals surface area contributed by atoms with Gasteiger partial charge in [0, 0.05) is 19.0 Å². The number of nitrogens with one attached hydrogen (secondary N) is 1. The fraction of sp³-hybridized carbons (Fsp3) is 0.824. The van der Waals surface area contributed by atoms with Crippen LogP contribution in [0.4, 0.5) is 0 Å². The quantitative estimate of drug-likeness (QED) is 0.853. The molecule has 21 heavy (non-hydrogen) atoms. The van der Waals surface area contributed by atoms with Crippen LogP contribution in [-0.2, 0) is 13.0 Å². The highest BCUT2D eigenvalue weighted by Crippen LogP contribution is 2.33. The number of rotatable bonds is 6. The average molecular weight is 312 g/mol. The molecule has 1 fully saturated rings. The van der Waals surface area contributed by atoms with Crippen LogP contribution in [0.2, 0.25) is 5.02 Å². The molecule has 0 amide bonds. The van der Waals surface area contributed by atoms with E-state index < -0.39 is 0 Å². The summed E-state index contributed by atoms with van der Waals surface area (Å²) in [7, 11) is 0. The van der Waals surface area contributed by atoms with Gasteiger partial charge in [-0.15, -0.1) is 0 Å². The summed E-state index contributed by atoms with van der Waals surface area (Å²) in [5, 5.41) is 9.13. The summed E-state index contributed by atoms with van der Waals surface area (Å²) < 4.78 is 2.08. The number of nitrogens with zero attached hydrogens (tertiary/aromatic N) is 2. The topological polar surface area (TPSA) is 29.9 Å². The molecule has 0 saturated heterocycles. The second-order valence-corrected chi connectivity index (χ2v) is 6.94. The van der Waals surface area contributed by atoms with E-state index in [1.807, 2.05) is 6.92 Å². The maximum absolute atomic E-state index is 6.49. The monoisotopic (exact) mass is 311 g/mol. The van der Waals surface area contributed by atoms with Crippen LogP contribution in [0.25, 0.3) is 0 Å². The van der Waals surface area contributed by atoms with Gasteiger partial charge in [0.15, 0.2) is 0 Å². The molecule has 120 valence electrons. The van der Waals surface area contributed by atoms with Gasteiger partial charge < -0.3 is 5.32 Å². The Balaban J connectivity index is 2.16. The number of halogens is 1.